The number of benzene rings is 1. The van der Waals surface area contributed by atoms with Gasteiger partial charge >= 0.3 is 0 Å². The molecule has 2 heterocycles. The summed E-state index contributed by atoms with van der Waals surface area (Å²) in [4.78, 5) is 10.7. The number of anilines is 1. The second-order valence-corrected chi connectivity index (χ2v) is 5.28. The van der Waals surface area contributed by atoms with Gasteiger partial charge < -0.3 is 14.7 Å². The third-order valence-corrected chi connectivity index (χ3v) is 3.85. The lowest BCUT2D eigenvalue weighted by Gasteiger charge is -2.30. The third kappa shape index (κ3) is 2.87. The Morgan fingerprint density at radius 2 is 2.05 bits per heavy atom. The van der Waals surface area contributed by atoms with Gasteiger partial charge in [-0.1, -0.05) is 6.07 Å². The van der Waals surface area contributed by atoms with E-state index in [0.29, 0.717) is 24.2 Å². The second kappa shape index (κ2) is 6.27. The summed E-state index contributed by atoms with van der Waals surface area (Å²) >= 11 is 0. The normalized spacial score (nSPS) is 15.9. The standard InChI is InChI=1S/C16H18FN3O2/c1-22-13-4-2-3-12(15(13)17)16-18-8-5-14(19-16)20-9-6-11(21)7-10-20/h2-5,8,11,21H,6-7,9-10H2,1H3. The molecule has 3 rings (SSSR count). The number of aliphatic hydroxyl groups excluding tert-OH is 1. The maximum Gasteiger partial charge on any atom is 0.176 e. The molecule has 1 N–H and O–H groups in total. The largest absolute Gasteiger partial charge is 0.494 e. The highest BCUT2D eigenvalue weighted by molar-refractivity contribution is 5.60. The molecule has 0 bridgehead atoms. The number of aliphatic hydroxyl groups is 1. The minimum Gasteiger partial charge on any atom is -0.494 e. The molecule has 1 saturated heterocycles. The van der Waals surface area contributed by atoms with Gasteiger partial charge in [0, 0.05) is 19.3 Å². The van der Waals surface area contributed by atoms with E-state index in [9.17, 15) is 9.50 Å². The molecule has 5 nitrogen and oxygen atoms in total. The Balaban J connectivity index is 1.91. The first kappa shape index (κ1) is 14.7. The molecule has 1 aromatic heterocycles. The molecule has 0 atom stereocenters. The van der Waals surface area contributed by atoms with Crippen LogP contribution in [0.2, 0.25) is 0 Å². The van der Waals surface area contributed by atoms with Crippen molar-refractivity contribution in [2.45, 2.75) is 18.9 Å². The lowest BCUT2D eigenvalue weighted by Crippen LogP contribution is -2.36. The van der Waals surface area contributed by atoms with Crippen LogP contribution in [0.15, 0.2) is 30.5 Å². The van der Waals surface area contributed by atoms with Crippen LogP contribution in [-0.2, 0) is 0 Å². The summed E-state index contributed by atoms with van der Waals surface area (Å²) in [5.74, 6) is 0.794. The van der Waals surface area contributed by atoms with Gasteiger partial charge in [0.2, 0.25) is 0 Å². The third-order valence-electron chi connectivity index (χ3n) is 3.85. The quantitative estimate of drug-likeness (QED) is 0.942. The van der Waals surface area contributed by atoms with Crippen molar-refractivity contribution in [1.82, 2.24) is 9.97 Å². The summed E-state index contributed by atoms with van der Waals surface area (Å²) < 4.78 is 19.3. The van der Waals surface area contributed by atoms with Crippen molar-refractivity contribution in [2.75, 3.05) is 25.1 Å². The zero-order valence-corrected chi connectivity index (χ0v) is 12.4. The van der Waals surface area contributed by atoms with Crippen LogP contribution in [-0.4, -0.2) is 41.4 Å². The fraction of sp³-hybridized carbons (Fsp3) is 0.375. The number of aromatic nitrogens is 2. The number of halogens is 1. The molecule has 1 aliphatic heterocycles. The Morgan fingerprint density at radius 3 is 2.77 bits per heavy atom. The number of piperidine rings is 1. The Kier molecular flexibility index (Phi) is 4.20. The molecule has 6 heteroatoms. The van der Waals surface area contributed by atoms with Crippen LogP contribution >= 0.6 is 0 Å². The van der Waals surface area contributed by atoms with E-state index in [1.54, 1.807) is 30.5 Å². The highest BCUT2D eigenvalue weighted by Crippen LogP contribution is 2.28. The molecular formula is C16H18FN3O2. The summed E-state index contributed by atoms with van der Waals surface area (Å²) in [6.45, 7) is 1.47. The number of rotatable bonds is 3. The predicted octanol–water partition coefficient (Wildman–Crippen LogP) is 2.25. The summed E-state index contributed by atoms with van der Waals surface area (Å²) in [6.07, 6.45) is 2.81. The van der Waals surface area contributed by atoms with Crippen molar-refractivity contribution in [2.24, 2.45) is 0 Å². The molecule has 0 radical (unpaired) electrons. The monoisotopic (exact) mass is 303 g/mol. The summed E-state index contributed by atoms with van der Waals surface area (Å²) in [5.41, 5.74) is 0.318. The number of hydrogen-bond acceptors (Lipinski definition) is 5. The van der Waals surface area contributed by atoms with Gasteiger partial charge in [-0.2, -0.15) is 0 Å². The summed E-state index contributed by atoms with van der Waals surface area (Å²) in [7, 11) is 1.43. The Bertz CT molecular complexity index is 658. The molecule has 0 amide bonds. The van der Waals surface area contributed by atoms with Crippen LogP contribution < -0.4 is 9.64 Å². The van der Waals surface area contributed by atoms with E-state index in [1.807, 2.05) is 0 Å². The van der Waals surface area contributed by atoms with Crippen LogP contribution in [0.5, 0.6) is 5.75 Å². The summed E-state index contributed by atoms with van der Waals surface area (Å²) in [5, 5.41) is 9.58. The molecular weight excluding hydrogens is 285 g/mol. The highest BCUT2D eigenvalue weighted by atomic mass is 19.1. The van der Waals surface area contributed by atoms with Gasteiger partial charge in [-0.05, 0) is 31.0 Å². The summed E-state index contributed by atoms with van der Waals surface area (Å²) in [6, 6.07) is 6.72. The molecule has 2 aromatic rings. The topological polar surface area (TPSA) is 58.5 Å². The minimum atomic E-state index is -0.462. The van der Waals surface area contributed by atoms with E-state index in [4.69, 9.17) is 4.74 Å². The first-order valence-corrected chi connectivity index (χ1v) is 7.28. The zero-order valence-electron chi connectivity index (χ0n) is 12.4. The molecule has 116 valence electrons. The van der Waals surface area contributed by atoms with Crippen LogP contribution in [0, 0.1) is 5.82 Å². The van der Waals surface area contributed by atoms with E-state index in [0.717, 1.165) is 18.9 Å². The fourth-order valence-corrected chi connectivity index (χ4v) is 2.59. The zero-order chi connectivity index (χ0) is 15.5. The molecule has 0 spiro atoms. The Labute approximate surface area is 128 Å². The maximum atomic E-state index is 14.3. The second-order valence-electron chi connectivity index (χ2n) is 5.28. The molecule has 1 fully saturated rings. The van der Waals surface area contributed by atoms with Gasteiger partial charge in [0.05, 0.1) is 18.8 Å². The minimum absolute atomic E-state index is 0.174. The number of methoxy groups -OCH3 is 1. The lowest BCUT2D eigenvalue weighted by atomic mass is 10.1. The molecule has 1 aromatic carbocycles. The molecule has 0 unspecified atom stereocenters. The van der Waals surface area contributed by atoms with Gasteiger partial charge in [0.1, 0.15) is 5.82 Å². The number of hydrogen-bond donors (Lipinski definition) is 1. The van der Waals surface area contributed by atoms with E-state index >= 15 is 0 Å². The van der Waals surface area contributed by atoms with Crippen molar-refractivity contribution >= 4 is 5.82 Å². The van der Waals surface area contributed by atoms with E-state index < -0.39 is 5.82 Å². The van der Waals surface area contributed by atoms with Gasteiger partial charge in [-0.15, -0.1) is 0 Å². The van der Waals surface area contributed by atoms with Crippen LogP contribution in [0.25, 0.3) is 11.4 Å². The van der Waals surface area contributed by atoms with Crippen molar-refractivity contribution < 1.29 is 14.2 Å². The average molecular weight is 303 g/mol. The van der Waals surface area contributed by atoms with Gasteiger partial charge in [-0.3, -0.25) is 0 Å². The van der Waals surface area contributed by atoms with Crippen LogP contribution in [0.3, 0.4) is 0 Å². The first-order chi connectivity index (χ1) is 10.7. The van der Waals surface area contributed by atoms with E-state index in [1.165, 1.54) is 7.11 Å². The van der Waals surface area contributed by atoms with Gasteiger partial charge in [0.25, 0.3) is 0 Å². The number of nitrogens with zero attached hydrogens (tertiary/aromatic N) is 3. The van der Waals surface area contributed by atoms with Crippen molar-refractivity contribution in [3.63, 3.8) is 0 Å². The number of ether oxygens (including phenoxy) is 1. The highest BCUT2D eigenvalue weighted by Gasteiger charge is 2.19. The fourth-order valence-electron chi connectivity index (χ4n) is 2.59. The van der Waals surface area contributed by atoms with Crippen molar-refractivity contribution in [1.29, 1.82) is 0 Å². The molecule has 1 aliphatic rings. The Morgan fingerprint density at radius 1 is 1.27 bits per heavy atom. The molecule has 0 aliphatic carbocycles. The van der Waals surface area contributed by atoms with Crippen molar-refractivity contribution in [3.05, 3.63) is 36.3 Å². The SMILES string of the molecule is COc1cccc(-c2nccc(N3CCC(O)CC3)n2)c1F. The van der Waals surface area contributed by atoms with E-state index in [-0.39, 0.29) is 11.9 Å². The predicted molar refractivity (Wildman–Crippen MR) is 81.4 cm³/mol. The lowest BCUT2D eigenvalue weighted by molar-refractivity contribution is 0.145. The average Bonchev–Trinajstić information content (AvgIpc) is 2.56. The smallest absolute Gasteiger partial charge is 0.176 e. The maximum absolute atomic E-state index is 14.3. The van der Waals surface area contributed by atoms with Crippen LogP contribution in [0.4, 0.5) is 10.2 Å². The molecule has 0 saturated carbocycles. The van der Waals surface area contributed by atoms with Gasteiger partial charge in [-0.25, -0.2) is 14.4 Å². The van der Waals surface area contributed by atoms with Crippen LogP contribution in [0.1, 0.15) is 12.8 Å². The van der Waals surface area contributed by atoms with Gasteiger partial charge in [0.15, 0.2) is 17.4 Å². The van der Waals surface area contributed by atoms with Crippen molar-refractivity contribution in [3.8, 4) is 17.1 Å². The Hall–Kier alpha value is -2.21. The first-order valence-electron chi connectivity index (χ1n) is 7.28. The van der Waals surface area contributed by atoms with E-state index in [2.05, 4.69) is 14.9 Å². The molecule has 22 heavy (non-hydrogen) atoms.